The van der Waals surface area contributed by atoms with E-state index in [2.05, 4.69) is 0 Å². The average Bonchev–Trinajstić information content (AvgIpc) is 1.79. The second-order valence-corrected chi connectivity index (χ2v) is 5.89. The molecule has 5 nitrogen and oxygen atoms in total. The minimum Gasteiger partial charge on any atom is -0.370 e. The van der Waals surface area contributed by atoms with E-state index >= 15 is 0 Å². The van der Waals surface area contributed by atoms with E-state index < -0.39 is 21.3 Å². The molecule has 1 rings (SSSR count). The summed E-state index contributed by atoms with van der Waals surface area (Å²) in [7, 11) is -3.07. The molecular weight excluding hydrogens is 192 g/mol. The van der Waals surface area contributed by atoms with Crippen molar-refractivity contribution in [1.29, 1.82) is 0 Å². The molecule has 1 heterocycles. The molecule has 0 aliphatic carbocycles. The summed E-state index contributed by atoms with van der Waals surface area (Å²) in [5, 5.41) is 0. The normalized spacial score (nSPS) is 32.7. The monoisotopic (exact) mass is 206 g/mol. The highest BCUT2D eigenvalue weighted by molar-refractivity contribution is 7.91. The van der Waals surface area contributed by atoms with E-state index in [9.17, 15) is 13.2 Å². The average molecular weight is 206 g/mol. The fourth-order valence-electron chi connectivity index (χ4n) is 1.71. The van der Waals surface area contributed by atoms with Crippen LogP contribution >= 0.6 is 0 Å². The summed E-state index contributed by atoms with van der Waals surface area (Å²) in [6.07, 6.45) is 1.02. The molecule has 1 aliphatic heterocycles. The summed E-state index contributed by atoms with van der Waals surface area (Å²) in [4.78, 5) is 10.6. The van der Waals surface area contributed by atoms with Crippen LogP contribution in [0, 0.1) is 0 Å². The molecule has 13 heavy (non-hydrogen) atoms. The van der Waals surface area contributed by atoms with E-state index in [1.807, 2.05) is 0 Å². The highest BCUT2D eigenvalue weighted by atomic mass is 32.2. The minimum atomic E-state index is -3.07. The van der Waals surface area contributed by atoms with Gasteiger partial charge in [0.1, 0.15) is 0 Å². The molecule has 0 aromatic heterocycles. The maximum atomic E-state index is 11.2. The third kappa shape index (κ3) is 2.96. The Kier molecular flexibility index (Phi) is 2.63. The zero-order chi connectivity index (χ0) is 10.1. The lowest BCUT2D eigenvalue weighted by atomic mass is 9.93. The fraction of sp³-hybridized carbons (Fsp3) is 0.857. The third-order valence-corrected chi connectivity index (χ3v) is 4.09. The lowest BCUT2D eigenvalue weighted by molar-refractivity contribution is -0.119. The van der Waals surface area contributed by atoms with Crippen LogP contribution in [0.2, 0.25) is 0 Å². The number of amides is 1. The predicted molar refractivity (Wildman–Crippen MR) is 48.6 cm³/mol. The number of hydrogen-bond acceptors (Lipinski definition) is 4. The molecule has 76 valence electrons. The van der Waals surface area contributed by atoms with Gasteiger partial charge in [0.05, 0.1) is 11.5 Å². The Morgan fingerprint density at radius 3 is 2.54 bits per heavy atom. The van der Waals surface area contributed by atoms with E-state index in [0.717, 1.165) is 0 Å². The van der Waals surface area contributed by atoms with Crippen molar-refractivity contribution in [3.63, 3.8) is 0 Å². The van der Waals surface area contributed by atoms with Crippen LogP contribution in [0.5, 0.6) is 0 Å². The summed E-state index contributed by atoms with van der Waals surface area (Å²) in [5.74, 6) is -0.493. The summed E-state index contributed by atoms with van der Waals surface area (Å²) >= 11 is 0. The molecule has 1 amide bonds. The van der Waals surface area contributed by atoms with Gasteiger partial charge in [-0.2, -0.15) is 0 Å². The lowest BCUT2D eigenvalue weighted by Crippen LogP contribution is -2.52. The quantitative estimate of drug-likeness (QED) is 0.590. The van der Waals surface area contributed by atoms with Crippen LogP contribution in [0.15, 0.2) is 0 Å². The Hall–Kier alpha value is -0.620. The molecule has 1 saturated heterocycles. The van der Waals surface area contributed by atoms with Crippen molar-refractivity contribution in [1.82, 2.24) is 0 Å². The van der Waals surface area contributed by atoms with Gasteiger partial charge in [-0.3, -0.25) is 4.79 Å². The van der Waals surface area contributed by atoms with Gasteiger partial charge in [0.2, 0.25) is 5.91 Å². The Labute approximate surface area is 77.4 Å². The first-order chi connectivity index (χ1) is 5.83. The maximum absolute atomic E-state index is 11.2. The van der Waals surface area contributed by atoms with Gasteiger partial charge in [-0.1, -0.05) is 0 Å². The van der Waals surface area contributed by atoms with E-state index in [1.165, 1.54) is 0 Å². The van der Waals surface area contributed by atoms with Crippen molar-refractivity contribution >= 4 is 15.7 Å². The zero-order valence-electron chi connectivity index (χ0n) is 7.32. The summed E-state index contributed by atoms with van der Waals surface area (Å²) in [5.41, 5.74) is 9.81. The standard InChI is InChI=1S/C7H14N2O3S/c8-6(10)4-7(9)2-1-3-13(11,12)5-7/h1-5,9H2,(H2,8,10). The fourth-order valence-corrected chi connectivity index (χ4v) is 3.56. The molecule has 6 heteroatoms. The number of carbonyl (C=O) groups excluding carboxylic acids is 1. The molecule has 1 aliphatic rings. The molecule has 4 N–H and O–H groups in total. The van der Waals surface area contributed by atoms with Crippen molar-refractivity contribution in [2.24, 2.45) is 11.5 Å². The highest BCUT2D eigenvalue weighted by Crippen LogP contribution is 2.23. The lowest BCUT2D eigenvalue weighted by Gasteiger charge is -2.31. The number of carbonyl (C=O) groups is 1. The van der Waals surface area contributed by atoms with Crippen molar-refractivity contribution < 1.29 is 13.2 Å². The SMILES string of the molecule is NC(=O)CC1(N)CCCS(=O)(=O)C1. The van der Waals surface area contributed by atoms with Crippen LogP contribution in [0.1, 0.15) is 19.3 Å². The molecule has 1 fully saturated rings. The van der Waals surface area contributed by atoms with Crippen LogP contribution in [-0.2, 0) is 14.6 Å². The van der Waals surface area contributed by atoms with Gasteiger partial charge in [0.15, 0.2) is 9.84 Å². The van der Waals surface area contributed by atoms with Gasteiger partial charge in [0, 0.05) is 12.0 Å². The number of hydrogen-bond donors (Lipinski definition) is 2. The summed E-state index contributed by atoms with van der Waals surface area (Å²) < 4.78 is 22.4. The molecule has 0 bridgehead atoms. The second kappa shape index (κ2) is 3.26. The number of nitrogens with two attached hydrogens (primary N) is 2. The van der Waals surface area contributed by atoms with Gasteiger partial charge in [-0.15, -0.1) is 0 Å². The number of sulfone groups is 1. The van der Waals surface area contributed by atoms with Crippen LogP contribution in [-0.4, -0.2) is 31.4 Å². The molecule has 0 aromatic rings. The topological polar surface area (TPSA) is 103 Å². The Morgan fingerprint density at radius 2 is 2.08 bits per heavy atom. The van der Waals surface area contributed by atoms with Gasteiger partial charge in [-0.05, 0) is 12.8 Å². The first kappa shape index (κ1) is 10.5. The first-order valence-electron chi connectivity index (χ1n) is 4.11. The van der Waals surface area contributed by atoms with Crippen molar-refractivity contribution in [3.8, 4) is 0 Å². The van der Waals surface area contributed by atoms with E-state index in [0.29, 0.717) is 12.8 Å². The van der Waals surface area contributed by atoms with E-state index in [4.69, 9.17) is 11.5 Å². The molecular formula is C7H14N2O3S. The molecule has 0 radical (unpaired) electrons. The Bertz CT molecular complexity index is 312. The molecule has 1 atom stereocenters. The van der Waals surface area contributed by atoms with Crippen molar-refractivity contribution in [3.05, 3.63) is 0 Å². The van der Waals surface area contributed by atoms with E-state index in [-0.39, 0.29) is 17.9 Å². The molecule has 1 unspecified atom stereocenters. The van der Waals surface area contributed by atoms with Crippen LogP contribution < -0.4 is 11.5 Å². The Balaban J connectivity index is 2.74. The third-order valence-electron chi connectivity index (χ3n) is 2.16. The first-order valence-corrected chi connectivity index (χ1v) is 5.93. The Morgan fingerprint density at radius 1 is 1.46 bits per heavy atom. The van der Waals surface area contributed by atoms with Gasteiger partial charge >= 0.3 is 0 Å². The second-order valence-electron chi connectivity index (χ2n) is 3.70. The van der Waals surface area contributed by atoms with Crippen LogP contribution in [0.3, 0.4) is 0 Å². The van der Waals surface area contributed by atoms with Crippen molar-refractivity contribution in [2.45, 2.75) is 24.8 Å². The van der Waals surface area contributed by atoms with E-state index in [1.54, 1.807) is 0 Å². The summed E-state index contributed by atoms with van der Waals surface area (Å²) in [6, 6.07) is 0. The van der Waals surface area contributed by atoms with Crippen LogP contribution in [0.25, 0.3) is 0 Å². The van der Waals surface area contributed by atoms with Gasteiger partial charge in [-0.25, -0.2) is 8.42 Å². The van der Waals surface area contributed by atoms with Gasteiger partial charge < -0.3 is 11.5 Å². The maximum Gasteiger partial charge on any atom is 0.219 e. The largest absolute Gasteiger partial charge is 0.370 e. The zero-order valence-corrected chi connectivity index (χ0v) is 8.14. The van der Waals surface area contributed by atoms with Crippen molar-refractivity contribution in [2.75, 3.05) is 11.5 Å². The van der Waals surface area contributed by atoms with Gasteiger partial charge in [0.25, 0.3) is 0 Å². The predicted octanol–water partition coefficient (Wildman–Crippen LogP) is -1.23. The number of primary amides is 1. The number of rotatable bonds is 2. The smallest absolute Gasteiger partial charge is 0.219 e. The molecule has 0 saturated carbocycles. The molecule has 0 aromatic carbocycles. The summed E-state index contributed by atoms with van der Waals surface area (Å²) in [6.45, 7) is 0. The minimum absolute atomic E-state index is 0.0494. The highest BCUT2D eigenvalue weighted by Gasteiger charge is 2.36. The van der Waals surface area contributed by atoms with Crippen LogP contribution in [0.4, 0.5) is 0 Å². The molecule has 0 spiro atoms.